The molecule has 2 aromatic carbocycles. The Morgan fingerprint density at radius 3 is 2.26 bits per heavy atom. The number of aryl methyl sites for hydroxylation is 2. The van der Waals surface area contributed by atoms with Gasteiger partial charge in [0, 0.05) is 24.5 Å². The maximum atomic E-state index is 13.1. The second-order valence-electron chi connectivity index (χ2n) is 8.80. The Balaban J connectivity index is 1.76. The lowest BCUT2D eigenvalue weighted by atomic mass is 10.0. The normalized spacial score (nSPS) is 15.3. The van der Waals surface area contributed by atoms with Gasteiger partial charge in [-0.2, -0.15) is 4.72 Å². The molecule has 0 unspecified atom stereocenters. The molecular weight excluding hydrogens is 410 g/mol. The van der Waals surface area contributed by atoms with Gasteiger partial charge in [0.2, 0.25) is 15.9 Å². The number of rotatable bonds is 8. The van der Waals surface area contributed by atoms with Crippen molar-refractivity contribution in [2.45, 2.75) is 57.9 Å². The van der Waals surface area contributed by atoms with Crippen LogP contribution in [0.2, 0.25) is 0 Å². The Hall–Kier alpha value is -2.38. The molecule has 6 nitrogen and oxygen atoms in total. The first-order chi connectivity index (χ1) is 14.7. The van der Waals surface area contributed by atoms with Gasteiger partial charge >= 0.3 is 0 Å². The summed E-state index contributed by atoms with van der Waals surface area (Å²) in [5.41, 5.74) is 3.80. The van der Waals surface area contributed by atoms with Crippen LogP contribution in [0.5, 0.6) is 0 Å². The Morgan fingerprint density at radius 1 is 1.03 bits per heavy atom. The van der Waals surface area contributed by atoms with Crippen molar-refractivity contribution in [1.29, 1.82) is 0 Å². The first-order valence-electron chi connectivity index (χ1n) is 10.9. The summed E-state index contributed by atoms with van der Waals surface area (Å²) in [6.07, 6.45) is 2.81. The molecule has 0 radical (unpaired) electrons. The number of nitrogens with one attached hydrogen (secondary N) is 2. The molecule has 7 heteroatoms. The fraction of sp³-hybridized carbons (Fsp3) is 0.458. The highest BCUT2D eigenvalue weighted by Crippen LogP contribution is 2.26. The van der Waals surface area contributed by atoms with E-state index in [0.717, 1.165) is 29.9 Å². The van der Waals surface area contributed by atoms with Gasteiger partial charge in [0.1, 0.15) is 6.04 Å². The largest absolute Gasteiger partial charge is 0.372 e. The van der Waals surface area contributed by atoms with Gasteiger partial charge in [-0.25, -0.2) is 8.42 Å². The molecule has 0 saturated carbocycles. The number of benzene rings is 2. The van der Waals surface area contributed by atoms with Crippen LogP contribution in [0.25, 0.3) is 0 Å². The summed E-state index contributed by atoms with van der Waals surface area (Å²) in [5, 5.41) is 2.93. The lowest BCUT2D eigenvalue weighted by Crippen LogP contribution is -2.44. The molecule has 0 aromatic heterocycles. The number of anilines is 2. The van der Waals surface area contributed by atoms with Crippen LogP contribution in [0.4, 0.5) is 11.4 Å². The fourth-order valence-corrected chi connectivity index (χ4v) is 5.04. The van der Waals surface area contributed by atoms with Crippen molar-refractivity contribution in [3.63, 3.8) is 0 Å². The number of amides is 1. The average Bonchev–Trinajstić information content (AvgIpc) is 3.23. The van der Waals surface area contributed by atoms with Crippen molar-refractivity contribution >= 4 is 27.3 Å². The molecule has 1 saturated heterocycles. The minimum absolute atomic E-state index is 0.148. The predicted molar refractivity (Wildman–Crippen MR) is 126 cm³/mol. The summed E-state index contributed by atoms with van der Waals surface area (Å²) in [6.45, 7) is 9.91. The van der Waals surface area contributed by atoms with Crippen molar-refractivity contribution in [3.8, 4) is 0 Å². The predicted octanol–water partition coefficient (Wildman–Crippen LogP) is 4.24. The van der Waals surface area contributed by atoms with Crippen molar-refractivity contribution in [2.75, 3.05) is 23.3 Å². The van der Waals surface area contributed by atoms with E-state index in [1.165, 1.54) is 12.8 Å². The van der Waals surface area contributed by atoms with Crippen molar-refractivity contribution in [3.05, 3.63) is 53.6 Å². The van der Waals surface area contributed by atoms with E-state index in [9.17, 15) is 13.2 Å². The van der Waals surface area contributed by atoms with E-state index < -0.39 is 16.1 Å². The first-order valence-corrected chi connectivity index (χ1v) is 12.4. The molecule has 168 valence electrons. The molecular formula is C24H33N3O3S. The Kier molecular flexibility index (Phi) is 7.38. The van der Waals surface area contributed by atoms with Gasteiger partial charge in [0.15, 0.2) is 0 Å². The topological polar surface area (TPSA) is 78.5 Å². The van der Waals surface area contributed by atoms with E-state index in [1.54, 1.807) is 24.3 Å². The highest BCUT2D eigenvalue weighted by Gasteiger charge is 2.27. The molecule has 1 amide bonds. The van der Waals surface area contributed by atoms with Crippen LogP contribution in [-0.2, 0) is 14.8 Å². The van der Waals surface area contributed by atoms with Gasteiger partial charge in [-0.05, 0) is 74.9 Å². The van der Waals surface area contributed by atoms with Crippen LogP contribution in [0, 0.1) is 19.8 Å². The van der Waals surface area contributed by atoms with Gasteiger partial charge in [0.05, 0.1) is 4.90 Å². The van der Waals surface area contributed by atoms with Crippen LogP contribution < -0.4 is 14.9 Å². The number of hydrogen-bond acceptors (Lipinski definition) is 4. The van der Waals surface area contributed by atoms with Crippen LogP contribution in [-0.4, -0.2) is 33.5 Å². The Bertz CT molecular complexity index is 1010. The molecule has 1 aliphatic rings. The zero-order valence-electron chi connectivity index (χ0n) is 18.8. The van der Waals surface area contributed by atoms with Crippen LogP contribution in [0.1, 0.15) is 44.2 Å². The fourth-order valence-electron chi connectivity index (χ4n) is 3.83. The summed E-state index contributed by atoms with van der Waals surface area (Å²) in [6, 6.07) is 11.8. The zero-order chi connectivity index (χ0) is 22.6. The van der Waals surface area contributed by atoms with E-state index in [0.29, 0.717) is 12.1 Å². The third kappa shape index (κ3) is 6.08. The maximum absolute atomic E-state index is 13.1. The van der Waals surface area contributed by atoms with Gasteiger partial charge in [-0.15, -0.1) is 0 Å². The zero-order valence-corrected chi connectivity index (χ0v) is 19.6. The van der Waals surface area contributed by atoms with E-state index in [-0.39, 0.29) is 16.7 Å². The smallest absolute Gasteiger partial charge is 0.242 e. The van der Waals surface area contributed by atoms with E-state index in [2.05, 4.69) is 21.0 Å². The molecule has 1 aliphatic heterocycles. The monoisotopic (exact) mass is 443 g/mol. The summed E-state index contributed by atoms with van der Waals surface area (Å²) in [7, 11) is -3.80. The molecule has 2 aromatic rings. The van der Waals surface area contributed by atoms with Gasteiger partial charge in [-0.1, -0.05) is 31.5 Å². The lowest BCUT2D eigenvalue weighted by molar-refractivity contribution is -0.118. The minimum Gasteiger partial charge on any atom is -0.372 e. The molecule has 0 aliphatic carbocycles. The van der Waals surface area contributed by atoms with Crippen LogP contribution in [0.15, 0.2) is 47.4 Å². The van der Waals surface area contributed by atoms with Crippen LogP contribution >= 0.6 is 0 Å². The summed E-state index contributed by atoms with van der Waals surface area (Å²) < 4.78 is 28.3. The second-order valence-corrected chi connectivity index (χ2v) is 10.5. The SMILES string of the molecule is Cc1ccc(S(=O)(=O)N[C@H](CC(C)C)C(=O)Nc2ccc(N3CCCC3)cc2C)cc1. The molecule has 3 rings (SSSR count). The third-order valence-corrected chi connectivity index (χ3v) is 7.08. The van der Waals surface area contributed by atoms with Crippen molar-refractivity contribution in [1.82, 2.24) is 4.72 Å². The highest BCUT2D eigenvalue weighted by molar-refractivity contribution is 7.89. The van der Waals surface area contributed by atoms with Crippen molar-refractivity contribution in [2.24, 2.45) is 5.92 Å². The number of nitrogens with zero attached hydrogens (tertiary/aromatic N) is 1. The summed E-state index contributed by atoms with van der Waals surface area (Å²) >= 11 is 0. The molecule has 1 atom stereocenters. The van der Waals surface area contributed by atoms with E-state index in [1.807, 2.05) is 39.8 Å². The Labute approximate surface area is 186 Å². The minimum atomic E-state index is -3.80. The summed E-state index contributed by atoms with van der Waals surface area (Å²) in [5.74, 6) is -0.198. The number of sulfonamides is 1. The number of carbonyl (C=O) groups excluding carboxylic acids is 1. The van der Waals surface area contributed by atoms with Gasteiger partial charge < -0.3 is 10.2 Å². The molecule has 1 fully saturated rings. The first kappa shape index (κ1) is 23.3. The van der Waals surface area contributed by atoms with Crippen molar-refractivity contribution < 1.29 is 13.2 Å². The van der Waals surface area contributed by atoms with Gasteiger partial charge in [-0.3, -0.25) is 4.79 Å². The molecule has 2 N–H and O–H groups in total. The molecule has 31 heavy (non-hydrogen) atoms. The van der Waals surface area contributed by atoms with E-state index >= 15 is 0 Å². The second kappa shape index (κ2) is 9.83. The quantitative estimate of drug-likeness (QED) is 0.640. The maximum Gasteiger partial charge on any atom is 0.242 e. The van der Waals surface area contributed by atoms with Gasteiger partial charge in [0.25, 0.3) is 0 Å². The highest BCUT2D eigenvalue weighted by atomic mass is 32.2. The standard InChI is InChI=1S/C24H33N3O3S/c1-17(2)15-23(26-31(29,30)21-10-7-18(3)8-11-21)24(28)25-22-12-9-20(16-19(22)4)27-13-5-6-14-27/h7-12,16-17,23,26H,5-6,13-15H2,1-4H3,(H,25,28)/t23-/m1/s1. The van der Waals surface area contributed by atoms with E-state index in [4.69, 9.17) is 0 Å². The Morgan fingerprint density at radius 2 is 1.68 bits per heavy atom. The molecule has 1 heterocycles. The lowest BCUT2D eigenvalue weighted by Gasteiger charge is -2.22. The number of carbonyl (C=O) groups is 1. The average molecular weight is 444 g/mol. The molecule has 0 spiro atoms. The van der Waals surface area contributed by atoms with Crippen LogP contribution in [0.3, 0.4) is 0 Å². The number of hydrogen-bond donors (Lipinski definition) is 2. The third-order valence-electron chi connectivity index (χ3n) is 5.59. The summed E-state index contributed by atoms with van der Waals surface area (Å²) in [4.78, 5) is 15.6. The molecule has 0 bridgehead atoms.